The summed E-state index contributed by atoms with van der Waals surface area (Å²) in [5.41, 5.74) is 22.3. The smallest absolute Gasteiger partial charge is 0.136 e. The van der Waals surface area contributed by atoms with E-state index >= 15 is 0 Å². The summed E-state index contributed by atoms with van der Waals surface area (Å²) in [4.78, 5) is 2.57. The third kappa shape index (κ3) is 5.55. The summed E-state index contributed by atoms with van der Waals surface area (Å²) < 4.78 is 6.78. The molecule has 0 spiro atoms. The topological polar surface area (TPSA) is 16.4 Å². The first-order chi connectivity index (χ1) is 32.3. The lowest BCUT2D eigenvalue weighted by Crippen LogP contribution is -2.21. The van der Waals surface area contributed by atoms with Crippen molar-refractivity contribution in [3.63, 3.8) is 0 Å². The molecule has 2 heteroatoms. The fraction of sp³-hybridized carbons (Fsp3) is 0.0938. The molecule has 0 fully saturated rings. The van der Waals surface area contributed by atoms with Crippen molar-refractivity contribution < 1.29 is 4.42 Å². The zero-order chi connectivity index (χ0) is 44.3. The van der Waals surface area contributed by atoms with E-state index in [1.165, 1.54) is 83.2 Å². The quantitative estimate of drug-likeness (QED) is 0.166. The molecule has 0 amide bonds. The van der Waals surface area contributed by atoms with Crippen LogP contribution in [0.5, 0.6) is 0 Å². The molecule has 0 atom stereocenters. The summed E-state index contributed by atoms with van der Waals surface area (Å²) in [5, 5.41) is 4.61. The molecular formula is C64H47NO. The number of benzene rings is 10. The first kappa shape index (κ1) is 38.5. The Morgan fingerprint density at radius 3 is 1.76 bits per heavy atom. The van der Waals surface area contributed by atoms with Gasteiger partial charge in [0, 0.05) is 32.9 Å². The van der Waals surface area contributed by atoms with Crippen LogP contribution in [-0.2, 0) is 10.8 Å². The second-order valence-corrected chi connectivity index (χ2v) is 19.2. The first-order valence-corrected chi connectivity index (χ1v) is 23.2. The van der Waals surface area contributed by atoms with Crippen molar-refractivity contribution in [1.82, 2.24) is 0 Å². The van der Waals surface area contributed by atoms with Crippen LogP contribution in [0.3, 0.4) is 0 Å². The van der Waals surface area contributed by atoms with Gasteiger partial charge in [-0.25, -0.2) is 0 Å². The number of hydrogen-bond donors (Lipinski definition) is 0. The highest BCUT2D eigenvalue weighted by molar-refractivity contribution is 6.18. The summed E-state index contributed by atoms with van der Waals surface area (Å²) in [6.45, 7) is 9.56. The molecule has 1 aromatic heterocycles. The van der Waals surface area contributed by atoms with Gasteiger partial charge in [0.05, 0.1) is 11.4 Å². The lowest BCUT2D eigenvalue weighted by molar-refractivity contribution is 0.660. The molecule has 0 aliphatic heterocycles. The van der Waals surface area contributed by atoms with Gasteiger partial charge in [0.15, 0.2) is 0 Å². The zero-order valence-electron chi connectivity index (χ0n) is 37.6. The molecule has 314 valence electrons. The third-order valence-electron chi connectivity index (χ3n) is 14.8. The van der Waals surface area contributed by atoms with E-state index in [0.717, 1.165) is 44.4 Å². The number of anilines is 3. The Balaban J connectivity index is 1.17. The summed E-state index contributed by atoms with van der Waals surface area (Å²) in [6, 6.07) is 78.5. The Bertz CT molecular complexity index is 3770. The standard InChI is InChI=1S/C64H47NO/c1-63(2)53-32-13-11-26-49(53)59-50(30-15-33-54(59)63)60-46(47-28-18-36-57-61(47)51-38-42-21-8-9-22-43(42)39-58(51)66-57)27-16-34-55(60)65(44-24-14-23-41(37-44)40-19-6-5-7-20-40)56-35-17-29-48-45-25-10-12-31-52(45)64(3,4)62(48)56/h5-39H,1-4H3. The fourth-order valence-electron chi connectivity index (χ4n) is 11.8. The van der Waals surface area contributed by atoms with Crippen molar-refractivity contribution in [3.8, 4) is 55.6 Å². The first-order valence-electron chi connectivity index (χ1n) is 23.2. The van der Waals surface area contributed by atoms with E-state index in [2.05, 4.69) is 245 Å². The van der Waals surface area contributed by atoms with E-state index in [1.54, 1.807) is 0 Å². The van der Waals surface area contributed by atoms with Gasteiger partial charge < -0.3 is 9.32 Å². The SMILES string of the molecule is CC1(C)c2ccccc2-c2c(-c3c(-c4cccc5oc6cc7ccccc7cc6c45)cccc3N(c3cccc(-c4ccccc4)c3)c3cccc4c3C(C)(C)c3ccccc3-4)cccc21. The van der Waals surface area contributed by atoms with Crippen LogP contribution in [0.4, 0.5) is 17.1 Å². The van der Waals surface area contributed by atoms with Gasteiger partial charge in [0.25, 0.3) is 0 Å². The number of fused-ring (bicyclic) bond motifs is 10. The van der Waals surface area contributed by atoms with E-state index < -0.39 is 0 Å². The van der Waals surface area contributed by atoms with Crippen LogP contribution in [0, 0.1) is 0 Å². The van der Waals surface area contributed by atoms with Crippen LogP contribution in [-0.4, -0.2) is 0 Å². The van der Waals surface area contributed by atoms with E-state index in [-0.39, 0.29) is 10.8 Å². The molecule has 0 bridgehead atoms. The molecule has 66 heavy (non-hydrogen) atoms. The molecule has 10 aromatic carbocycles. The van der Waals surface area contributed by atoms with Gasteiger partial charge in [0.1, 0.15) is 11.2 Å². The largest absolute Gasteiger partial charge is 0.456 e. The lowest BCUT2D eigenvalue weighted by atomic mass is 9.80. The maximum absolute atomic E-state index is 6.78. The van der Waals surface area contributed by atoms with Gasteiger partial charge in [-0.2, -0.15) is 0 Å². The number of rotatable bonds is 6. The summed E-state index contributed by atoms with van der Waals surface area (Å²) >= 11 is 0. The second kappa shape index (κ2) is 14.3. The van der Waals surface area contributed by atoms with Crippen molar-refractivity contribution in [2.45, 2.75) is 38.5 Å². The minimum Gasteiger partial charge on any atom is -0.456 e. The van der Waals surface area contributed by atoms with Crippen molar-refractivity contribution in [2.24, 2.45) is 0 Å². The maximum atomic E-state index is 6.78. The Kier molecular flexibility index (Phi) is 8.33. The van der Waals surface area contributed by atoms with E-state index in [0.29, 0.717) is 0 Å². The zero-order valence-corrected chi connectivity index (χ0v) is 37.6. The Labute approximate surface area is 386 Å². The predicted octanol–water partition coefficient (Wildman–Crippen LogP) is 17.8. The Morgan fingerprint density at radius 1 is 0.364 bits per heavy atom. The highest BCUT2D eigenvalue weighted by Gasteiger charge is 2.41. The molecule has 13 rings (SSSR count). The maximum Gasteiger partial charge on any atom is 0.136 e. The molecule has 0 N–H and O–H groups in total. The number of nitrogens with zero attached hydrogens (tertiary/aromatic N) is 1. The van der Waals surface area contributed by atoms with E-state index in [4.69, 9.17) is 4.42 Å². The van der Waals surface area contributed by atoms with Gasteiger partial charge in [-0.1, -0.05) is 198 Å². The van der Waals surface area contributed by atoms with Crippen LogP contribution in [0.15, 0.2) is 217 Å². The summed E-state index contributed by atoms with van der Waals surface area (Å²) in [5.74, 6) is 0. The van der Waals surface area contributed by atoms with Crippen LogP contribution >= 0.6 is 0 Å². The second-order valence-electron chi connectivity index (χ2n) is 19.2. The molecule has 2 aliphatic rings. The average Bonchev–Trinajstić information content (AvgIpc) is 3.93. The van der Waals surface area contributed by atoms with Gasteiger partial charge in [-0.3, -0.25) is 0 Å². The molecule has 0 saturated carbocycles. The van der Waals surface area contributed by atoms with Crippen molar-refractivity contribution in [2.75, 3.05) is 4.90 Å². The molecule has 2 aliphatic carbocycles. The van der Waals surface area contributed by atoms with Crippen molar-refractivity contribution >= 4 is 49.8 Å². The van der Waals surface area contributed by atoms with Crippen molar-refractivity contribution in [1.29, 1.82) is 0 Å². The molecule has 2 nitrogen and oxygen atoms in total. The monoisotopic (exact) mass is 845 g/mol. The van der Waals surface area contributed by atoms with Crippen LogP contribution in [0.25, 0.3) is 88.3 Å². The minimum atomic E-state index is -0.267. The molecule has 0 unspecified atom stereocenters. The highest BCUT2D eigenvalue weighted by Crippen LogP contribution is 2.59. The van der Waals surface area contributed by atoms with Crippen LogP contribution in [0.2, 0.25) is 0 Å². The third-order valence-corrected chi connectivity index (χ3v) is 14.8. The minimum absolute atomic E-state index is 0.182. The van der Waals surface area contributed by atoms with Crippen molar-refractivity contribution in [3.05, 3.63) is 235 Å². The van der Waals surface area contributed by atoms with Gasteiger partial charge >= 0.3 is 0 Å². The Morgan fingerprint density at radius 2 is 0.939 bits per heavy atom. The predicted molar refractivity (Wildman–Crippen MR) is 277 cm³/mol. The fourth-order valence-corrected chi connectivity index (χ4v) is 11.8. The number of furan rings is 1. The number of hydrogen-bond acceptors (Lipinski definition) is 2. The summed E-state index contributed by atoms with van der Waals surface area (Å²) in [7, 11) is 0. The van der Waals surface area contributed by atoms with Crippen LogP contribution < -0.4 is 4.90 Å². The highest BCUT2D eigenvalue weighted by atomic mass is 16.3. The van der Waals surface area contributed by atoms with Gasteiger partial charge in [0.2, 0.25) is 0 Å². The van der Waals surface area contributed by atoms with E-state index in [9.17, 15) is 0 Å². The van der Waals surface area contributed by atoms with Gasteiger partial charge in [-0.05, 0) is 126 Å². The molecule has 0 radical (unpaired) electrons. The lowest BCUT2D eigenvalue weighted by Gasteiger charge is -2.34. The average molecular weight is 846 g/mol. The van der Waals surface area contributed by atoms with Gasteiger partial charge in [-0.15, -0.1) is 0 Å². The van der Waals surface area contributed by atoms with Crippen LogP contribution in [0.1, 0.15) is 49.9 Å². The van der Waals surface area contributed by atoms with E-state index in [1.807, 2.05) is 0 Å². The molecule has 1 heterocycles. The Hall–Kier alpha value is -7.94. The molecule has 11 aromatic rings. The molecule has 0 saturated heterocycles. The normalized spacial score (nSPS) is 14.0. The summed E-state index contributed by atoms with van der Waals surface area (Å²) in [6.07, 6.45) is 0. The molecular weight excluding hydrogens is 799 g/mol.